The standard InChI is InChI=1S/C19H31NO/c1-5-12-20-18(15-9-8-13-21-14-15)16-10-6-7-11-17(16)19(2,3)4/h6-7,10-11,15,18,20H,5,8-9,12-14H2,1-4H3. The van der Waals surface area contributed by atoms with Gasteiger partial charge >= 0.3 is 0 Å². The van der Waals surface area contributed by atoms with E-state index in [0.717, 1.165) is 19.8 Å². The average Bonchev–Trinajstić information content (AvgIpc) is 2.48. The summed E-state index contributed by atoms with van der Waals surface area (Å²) in [5.41, 5.74) is 3.11. The highest BCUT2D eigenvalue weighted by Crippen LogP contribution is 2.35. The normalized spacial score (nSPS) is 21.2. The summed E-state index contributed by atoms with van der Waals surface area (Å²) in [5, 5.41) is 3.79. The van der Waals surface area contributed by atoms with E-state index in [1.807, 2.05) is 0 Å². The molecule has 0 amide bonds. The molecule has 0 bridgehead atoms. The van der Waals surface area contributed by atoms with Crippen LogP contribution in [-0.4, -0.2) is 19.8 Å². The molecule has 1 fully saturated rings. The van der Waals surface area contributed by atoms with Crippen LogP contribution in [0.1, 0.15) is 64.1 Å². The lowest BCUT2D eigenvalue weighted by Crippen LogP contribution is -2.35. The molecule has 0 radical (unpaired) electrons. The lowest BCUT2D eigenvalue weighted by molar-refractivity contribution is 0.0388. The highest BCUT2D eigenvalue weighted by Gasteiger charge is 2.29. The van der Waals surface area contributed by atoms with Crippen LogP contribution in [0.25, 0.3) is 0 Å². The van der Waals surface area contributed by atoms with Crippen LogP contribution in [0.5, 0.6) is 0 Å². The number of hydrogen-bond acceptors (Lipinski definition) is 2. The highest BCUT2D eigenvalue weighted by molar-refractivity contribution is 5.35. The average molecular weight is 289 g/mol. The van der Waals surface area contributed by atoms with E-state index in [1.54, 1.807) is 0 Å². The second-order valence-electron chi connectivity index (χ2n) is 7.25. The first-order valence-electron chi connectivity index (χ1n) is 8.44. The molecule has 1 N–H and O–H groups in total. The molecule has 0 spiro atoms. The van der Waals surface area contributed by atoms with Crippen LogP contribution in [0.2, 0.25) is 0 Å². The summed E-state index contributed by atoms with van der Waals surface area (Å²) >= 11 is 0. The summed E-state index contributed by atoms with van der Waals surface area (Å²) in [6, 6.07) is 9.36. The Morgan fingerprint density at radius 2 is 2.05 bits per heavy atom. The van der Waals surface area contributed by atoms with Gasteiger partial charge in [-0.3, -0.25) is 0 Å². The third-order valence-electron chi connectivity index (χ3n) is 4.39. The van der Waals surface area contributed by atoms with Gasteiger partial charge in [0.05, 0.1) is 6.61 Å². The van der Waals surface area contributed by atoms with Crippen LogP contribution < -0.4 is 5.32 Å². The molecule has 1 aromatic rings. The number of benzene rings is 1. The lowest BCUT2D eigenvalue weighted by Gasteiger charge is -2.35. The topological polar surface area (TPSA) is 21.3 Å². The highest BCUT2D eigenvalue weighted by atomic mass is 16.5. The van der Waals surface area contributed by atoms with E-state index in [2.05, 4.69) is 57.3 Å². The van der Waals surface area contributed by atoms with Crippen molar-refractivity contribution in [1.29, 1.82) is 0 Å². The molecule has 1 heterocycles. The third-order valence-corrected chi connectivity index (χ3v) is 4.39. The molecule has 1 aliphatic heterocycles. The fraction of sp³-hybridized carbons (Fsp3) is 0.684. The third kappa shape index (κ3) is 4.31. The molecular weight excluding hydrogens is 258 g/mol. The minimum absolute atomic E-state index is 0.179. The summed E-state index contributed by atoms with van der Waals surface area (Å²) in [6.07, 6.45) is 3.62. The van der Waals surface area contributed by atoms with Crippen LogP contribution in [0.4, 0.5) is 0 Å². The second-order valence-corrected chi connectivity index (χ2v) is 7.25. The van der Waals surface area contributed by atoms with E-state index in [-0.39, 0.29) is 5.41 Å². The number of ether oxygens (including phenoxy) is 1. The maximum absolute atomic E-state index is 5.75. The molecule has 2 rings (SSSR count). The number of hydrogen-bond donors (Lipinski definition) is 1. The minimum atomic E-state index is 0.179. The van der Waals surface area contributed by atoms with E-state index >= 15 is 0 Å². The largest absolute Gasteiger partial charge is 0.381 e. The molecule has 2 heteroatoms. The first-order chi connectivity index (χ1) is 10.0. The van der Waals surface area contributed by atoms with Gasteiger partial charge < -0.3 is 10.1 Å². The van der Waals surface area contributed by atoms with Gasteiger partial charge in [0.2, 0.25) is 0 Å². The van der Waals surface area contributed by atoms with Gasteiger partial charge in [0.1, 0.15) is 0 Å². The number of rotatable bonds is 5. The summed E-state index contributed by atoms with van der Waals surface area (Å²) in [4.78, 5) is 0. The first kappa shape index (κ1) is 16.5. The van der Waals surface area contributed by atoms with Crippen LogP contribution >= 0.6 is 0 Å². The Kier molecular flexibility index (Phi) is 5.83. The first-order valence-corrected chi connectivity index (χ1v) is 8.44. The van der Waals surface area contributed by atoms with Crippen molar-refractivity contribution in [2.24, 2.45) is 5.92 Å². The molecule has 1 aromatic carbocycles. The maximum Gasteiger partial charge on any atom is 0.0512 e. The van der Waals surface area contributed by atoms with Crippen molar-refractivity contribution in [3.63, 3.8) is 0 Å². The Bertz CT molecular complexity index is 429. The molecule has 2 atom stereocenters. The molecule has 0 saturated carbocycles. The van der Waals surface area contributed by atoms with E-state index in [9.17, 15) is 0 Å². The van der Waals surface area contributed by atoms with Crippen molar-refractivity contribution < 1.29 is 4.74 Å². The zero-order valence-corrected chi connectivity index (χ0v) is 14.1. The molecule has 21 heavy (non-hydrogen) atoms. The zero-order valence-electron chi connectivity index (χ0n) is 14.1. The fourth-order valence-electron chi connectivity index (χ4n) is 3.31. The van der Waals surface area contributed by atoms with Gasteiger partial charge in [0, 0.05) is 18.6 Å². The van der Waals surface area contributed by atoms with Gasteiger partial charge in [-0.1, -0.05) is 52.0 Å². The molecule has 0 aromatic heterocycles. The predicted octanol–water partition coefficient (Wildman–Crippen LogP) is 4.45. The van der Waals surface area contributed by atoms with E-state index < -0.39 is 0 Å². The molecule has 1 aliphatic rings. The lowest BCUT2D eigenvalue weighted by atomic mass is 9.78. The zero-order chi connectivity index (χ0) is 15.3. The van der Waals surface area contributed by atoms with Gasteiger partial charge in [-0.2, -0.15) is 0 Å². The summed E-state index contributed by atoms with van der Waals surface area (Å²) in [7, 11) is 0. The van der Waals surface area contributed by atoms with Crippen molar-refractivity contribution in [1.82, 2.24) is 5.32 Å². The van der Waals surface area contributed by atoms with Gasteiger partial charge in [0.25, 0.3) is 0 Å². The molecule has 2 nitrogen and oxygen atoms in total. The van der Waals surface area contributed by atoms with E-state index in [4.69, 9.17) is 4.74 Å². The monoisotopic (exact) mass is 289 g/mol. The Morgan fingerprint density at radius 1 is 1.29 bits per heavy atom. The molecule has 1 saturated heterocycles. The molecule has 118 valence electrons. The smallest absolute Gasteiger partial charge is 0.0512 e. The second kappa shape index (κ2) is 7.42. The predicted molar refractivity (Wildman–Crippen MR) is 89.7 cm³/mol. The quantitative estimate of drug-likeness (QED) is 0.864. The van der Waals surface area contributed by atoms with Crippen LogP contribution in [0.15, 0.2) is 24.3 Å². The van der Waals surface area contributed by atoms with Gasteiger partial charge in [0.15, 0.2) is 0 Å². The van der Waals surface area contributed by atoms with Gasteiger partial charge in [-0.25, -0.2) is 0 Å². The summed E-state index contributed by atoms with van der Waals surface area (Å²) in [6.45, 7) is 12.0. The van der Waals surface area contributed by atoms with Crippen molar-refractivity contribution >= 4 is 0 Å². The Morgan fingerprint density at radius 3 is 2.67 bits per heavy atom. The Balaban J connectivity index is 2.31. The molecular formula is C19H31NO. The molecule has 2 unspecified atom stereocenters. The Labute approximate surface area is 130 Å². The van der Waals surface area contributed by atoms with Crippen molar-refractivity contribution in [3.8, 4) is 0 Å². The number of nitrogens with one attached hydrogen (secondary N) is 1. The minimum Gasteiger partial charge on any atom is -0.381 e. The van der Waals surface area contributed by atoms with E-state index in [1.165, 1.54) is 30.4 Å². The summed E-state index contributed by atoms with van der Waals surface area (Å²) < 4.78 is 5.75. The van der Waals surface area contributed by atoms with E-state index in [0.29, 0.717) is 12.0 Å². The van der Waals surface area contributed by atoms with Crippen molar-refractivity contribution in [3.05, 3.63) is 35.4 Å². The van der Waals surface area contributed by atoms with Gasteiger partial charge in [-0.15, -0.1) is 0 Å². The summed E-state index contributed by atoms with van der Waals surface area (Å²) in [5.74, 6) is 0.591. The van der Waals surface area contributed by atoms with Crippen LogP contribution in [0, 0.1) is 5.92 Å². The SMILES string of the molecule is CCCNC(c1ccccc1C(C)(C)C)C1CCCOC1. The van der Waals surface area contributed by atoms with Crippen molar-refractivity contribution in [2.75, 3.05) is 19.8 Å². The van der Waals surface area contributed by atoms with Crippen LogP contribution in [-0.2, 0) is 10.2 Å². The maximum atomic E-state index is 5.75. The van der Waals surface area contributed by atoms with Crippen LogP contribution in [0.3, 0.4) is 0 Å². The van der Waals surface area contributed by atoms with Crippen molar-refractivity contribution in [2.45, 2.75) is 58.4 Å². The van der Waals surface area contributed by atoms with Gasteiger partial charge in [-0.05, 0) is 42.3 Å². The molecule has 0 aliphatic carbocycles. The fourth-order valence-corrected chi connectivity index (χ4v) is 3.31. The Hall–Kier alpha value is -0.860.